The molecule has 1 aliphatic rings. The van der Waals surface area contributed by atoms with Crippen LogP contribution in [0.5, 0.6) is 0 Å². The first-order valence-electron chi connectivity index (χ1n) is 9.96. The Morgan fingerprint density at radius 2 is 1.85 bits per heavy atom. The van der Waals surface area contributed by atoms with Gasteiger partial charge in [0.25, 0.3) is 0 Å². The highest BCUT2D eigenvalue weighted by atomic mass is 32.1. The number of benzene rings is 2. The molecule has 1 aliphatic carbocycles. The minimum atomic E-state index is 0.437. The second-order valence-corrected chi connectivity index (χ2v) is 9.00. The van der Waals surface area contributed by atoms with Crippen LogP contribution in [0.2, 0.25) is 0 Å². The molecule has 1 aromatic heterocycles. The average molecular weight is 377 g/mol. The van der Waals surface area contributed by atoms with Crippen molar-refractivity contribution in [1.82, 2.24) is 4.98 Å². The summed E-state index contributed by atoms with van der Waals surface area (Å²) in [6.45, 7) is 6.54. The van der Waals surface area contributed by atoms with Gasteiger partial charge in [-0.05, 0) is 78.5 Å². The third-order valence-electron chi connectivity index (χ3n) is 5.70. The minimum Gasteiger partial charge on any atom is -0.398 e. The summed E-state index contributed by atoms with van der Waals surface area (Å²) < 4.78 is 0. The van der Waals surface area contributed by atoms with E-state index in [9.17, 15) is 0 Å². The molecule has 2 aromatic carbocycles. The highest BCUT2D eigenvalue weighted by Crippen LogP contribution is 2.31. The summed E-state index contributed by atoms with van der Waals surface area (Å²) in [6.07, 6.45) is 5.95. The number of aryl methyl sites for hydroxylation is 3. The molecule has 0 saturated carbocycles. The first-order valence-corrected chi connectivity index (χ1v) is 10.8. The van der Waals surface area contributed by atoms with Crippen LogP contribution in [-0.2, 0) is 19.3 Å². The standard InChI is InChI=1S/C24H28N2S/c1-15(2)21-12-20(16(3)10-22(21)25)13-24-26-23(14-27-24)19-9-8-17-6-4-5-7-18(17)11-19/h8-12,14-15H,4-7,13,25H2,1-3H3. The monoisotopic (exact) mass is 376 g/mol. The van der Waals surface area contributed by atoms with Crippen LogP contribution in [-0.4, -0.2) is 4.98 Å². The highest BCUT2D eigenvalue weighted by Gasteiger charge is 2.14. The second kappa shape index (κ2) is 7.47. The van der Waals surface area contributed by atoms with E-state index in [0.717, 1.165) is 17.8 Å². The van der Waals surface area contributed by atoms with E-state index in [1.165, 1.54) is 64.1 Å². The van der Waals surface area contributed by atoms with Gasteiger partial charge in [0.05, 0.1) is 10.7 Å². The maximum absolute atomic E-state index is 6.21. The van der Waals surface area contributed by atoms with Crippen LogP contribution in [0.4, 0.5) is 5.69 Å². The zero-order valence-electron chi connectivity index (χ0n) is 16.5. The normalized spacial score (nSPS) is 13.8. The van der Waals surface area contributed by atoms with Crippen molar-refractivity contribution in [3.05, 3.63) is 68.5 Å². The Hall–Kier alpha value is -2.13. The lowest BCUT2D eigenvalue weighted by atomic mass is 9.90. The van der Waals surface area contributed by atoms with Gasteiger partial charge < -0.3 is 5.73 Å². The Labute approximate surface area is 166 Å². The molecule has 140 valence electrons. The molecule has 0 saturated heterocycles. The van der Waals surface area contributed by atoms with E-state index in [2.05, 4.69) is 56.5 Å². The molecule has 4 rings (SSSR count). The van der Waals surface area contributed by atoms with Crippen LogP contribution in [0.3, 0.4) is 0 Å². The van der Waals surface area contributed by atoms with Gasteiger partial charge in [0.1, 0.15) is 0 Å². The average Bonchev–Trinajstić information content (AvgIpc) is 3.12. The van der Waals surface area contributed by atoms with Gasteiger partial charge in [-0.2, -0.15) is 0 Å². The van der Waals surface area contributed by atoms with Gasteiger partial charge in [0.2, 0.25) is 0 Å². The summed E-state index contributed by atoms with van der Waals surface area (Å²) in [7, 11) is 0. The van der Waals surface area contributed by atoms with Crippen molar-refractivity contribution in [3.63, 3.8) is 0 Å². The lowest BCUT2D eigenvalue weighted by molar-refractivity contribution is 0.686. The van der Waals surface area contributed by atoms with E-state index in [1.807, 2.05) is 0 Å². The molecular weight excluding hydrogens is 348 g/mol. The number of hydrogen-bond donors (Lipinski definition) is 1. The predicted octanol–water partition coefficient (Wildman–Crippen LogP) is 6.29. The molecule has 0 aliphatic heterocycles. The number of rotatable bonds is 4. The number of nitrogens with zero attached hydrogens (tertiary/aromatic N) is 1. The Balaban J connectivity index is 1.59. The lowest BCUT2D eigenvalue weighted by Crippen LogP contribution is -2.02. The second-order valence-electron chi connectivity index (χ2n) is 8.06. The van der Waals surface area contributed by atoms with E-state index in [-0.39, 0.29) is 0 Å². The predicted molar refractivity (Wildman–Crippen MR) is 117 cm³/mol. The van der Waals surface area contributed by atoms with Crippen LogP contribution in [0, 0.1) is 6.92 Å². The maximum Gasteiger partial charge on any atom is 0.0976 e. The summed E-state index contributed by atoms with van der Waals surface area (Å²) in [5.41, 5.74) is 16.3. The molecule has 0 amide bonds. The summed E-state index contributed by atoms with van der Waals surface area (Å²) >= 11 is 1.76. The van der Waals surface area contributed by atoms with Gasteiger partial charge in [0.15, 0.2) is 0 Å². The lowest BCUT2D eigenvalue weighted by Gasteiger charge is -2.16. The third-order valence-corrected chi connectivity index (χ3v) is 6.55. The van der Waals surface area contributed by atoms with Gasteiger partial charge in [-0.25, -0.2) is 4.98 Å². The number of hydrogen-bond acceptors (Lipinski definition) is 3. The van der Waals surface area contributed by atoms with Gasteiger partial charge in [-0.15, -0.1) is 11.3 Å². The number of nitrogen functional groups attached to an aromatic ring is 1. The van der Waals surface area contributed by atoms with Crippen molar-refractivity contribution in [1.29, 1.82) is 0 Å². The van der Waals surface area contributed by atoms with E-state index in [0.29, 0.717) is 5.92 Å². The molecule has 2 nitrogen and oxygen atoms in total. The van der Waals surface area contributed by atoms with Crippen molar-refractivity contribution in [2.24, 2.45) is 0 Å². The fourth-order valence-electron chi connectivity index (χ4n) is 4.06. The van der Waals surface area contributed by atoms with Crippen molar-refractivity contribution in [2.45, 2.75) is 58.8 Å². The molecule has 0 radical (unpaired) electrons. The van der Waals surface area contributed by atoms with Crippen molar-refractivity contribution in [3.8, 4) is 11.3 Å². The summed E-state index contributed by atoms with van der Waals surface area (Å²) in [5, 5.41) is 3.38. The molecular formula is C24H28N2S. The summed E-state index contributed by atoms with van der Waals surface area (Å²) in [5.74, 6) is 0.437. The molecule has 0 atom stereocenters. The zero-order chi connectivity index (χ0) is 19.0. The molecule has 2 N–H and O–H groups in total. The first-order chi connectivity index (χ1) is 13.0. The fraction of sp³-hybridized carbons (Fsp3) is 0.375. The molecule has 0 fully saturated rings. The highest BCUT2D eigenvalue weighted by molar-refractivity contribution is 7.10. The van der Waals surface area contributed by atoms with Gasteiger partial charge >= 0.3 is 0 Å². The van der Waals surface area contributed by atoms with Crippen LogP contribution >= 0.6 is 11.3 Å². The van der Waals surface area contributed by atoms with Crippen LogP contribution in [0.15, 0.2) is 35.7 Å². The fourth-order valence-corrected chi connectivity index (χ4v) is 4.89. The summed E-state index contributed by atoms with van der Waals surface area (Å²) in [6, 6.07) is 11.3. The quantitative estimate of drug-likeness (QED) is 0.543. The Kier molecular flexibility index (Phi) is 5.05. The Morgan fingerprint density at radius 1 is 1.07 bits per heavy atom. The minimum absolute atomic E-state index is 0.437. The van der Waals surface area contributed by atoms with E-state index >= 15 is 0 Å². The smallest absolute Gasteiger partial charge is 0.0976 e. The van der Waals surface area contributed by atoms with Crippen molar-refractivity contribution >= 4 is 17.0 Å². The SMILES string of the molecule is Cc1cc(N)c(C(C)C)cc1Cc1nc(-c2ccc3c(c2)CCCC3)cs1. The number of anilines is 1. The molecule has 0 bridgehead atoms. The topological polar surface area (TPSA) is 38.9 Å². The first kappa shape index (κ1) is 18.2. The van der Waals surface area contributed by atoms with E-state index < -0.39 is 0 Å². The van der Waals surface area contributed by atoms with Crippen LogP contribution in [0.1, 0.15) is 65.4 Å². The number of thiazole rings is 1. The number of fused-ring (bicyclic) bond motifs is 1. The Bertz CT molecular complexity index is 969. The van der Waals surface area contributed by atoms with Crippen molar-refractivity contribution < 1.29 is 0 Å². The number of aromatic nitrogens is 1. The largest absolute Gasteiger partial charge is 0.398 e. The van der Waals surface area contributed by atoms with E-state index in [4.69, 9.17) is 10.7 Å². The molecule has 0 unspecified atom stereocenters. The summed E-state index contributed by atoms with van der Waals surface area (Å²) in [4.78, 5) is 4.95. The zero-order valence-corrected chi connectivity index (χ0v) is 17.3. The van der Waals surface area contributed by atoms with Gasteiger partial charge in [0, 0.05) is 23.1 Å². The van der Waals surface area contributed by atoms with Gasteiger partial charge in [-0.3, -0.25) is 0 Å². The number of nitrogens with two attached hydrogens (primary N) is 1. The molecule has 3 heteroatoms. The van der Waals surface area contributed by atoms with Crippen LogP contribution < -0.4 is 5.73 Å². The molecule has 3 aromatic rings. The van der Waals surface area contributed by atoms with Crippen LogP contribution in [0.25, 0.3) is 11.3 Å². The maximum atomic E-state index is 6.21. The van der Waals surface area contributed by atoms with Crippen molar-refractivity contribution in [2.75, 3.05) is 5.73 Å². The third kappa shape index (κ3) is 3.79. The Morgan fingerprint density at radius 3 is 2.63 bits per heavy atom. The molecule has 27 heavy (non-hydrogen) atoms. The molecule has 0 spiro atoms. The van der Waals surface area contributed by atoms with E-state index in [1.54, 1.807) is 11.3 Å². The van der Waals surface area contributed by atoms with Gasteiger partial charge in [-0.1, -0.05) is 32.0 Å². The molecule has 1 heterocycles.